The van der Waals surface area contributed by atoms with E-state index < -0.39 is 11.0 Å². The van der Waals surface area contributed by atoms with Crippen LogP contribution in [0.25, 0.3) is 0 Å². The first-order chi connectivity index (χ1) is 15.0. The van der Waals surface area contributed by atoms with E-state index in [2.05, 4.69) is 16.0 Å². The van der Waals surface area contributed by atoms with Crippen LogP contribution in [0.1, 0.15) is 37.7 Å². The van der Waals surface area contributed by atoms with Crippen LogP contribution in [0, 0.1) is 16.0 Å². The van der Waals surface area contributed by atoms with Crippen LogP contribution in [0.4, 0.5) is 5.69 Å². The van der Waals surface area contributed by atoms with Gasteiger partial charge < -0.3 is 10.6 Å². The third kappa shape index (κ3) is 7.69. The predicted octanol–water partition coefficient (Wildman–Crippen LogP) is 2.67. The van der Waals surface area contributed by atoms with Crippen molar-refractivity contribution in [2.24, 2.45) is 5.92 Å². The lowest BCUT2D eigenvalue weighted by atomic mass is 9.91. The molecule has 0 bridgehead atoms. The molecule has 2 fully saturated rings. The molecule has 1 aliphatic carbocycles. The number of benzene rings is 1. The minimum atomic E-state index is -0.609. The highest BCUT2D eigenvalue weighted by Crippen LogP contribution is 2.27. The number of carbonyl (C=O) groups excluding carboxylic acids is 2. The SMILES string of the molecule is O=C(NCc1ccc([N+](=O)[O-])cc1)[C@H](CSCC1CCCCC1)NC(=O)[C@@H]1NCCS1. The van der Waals surface area contributed by atoms with Crippen LogP contribution >= 0.6 is 23.5 Å². The number of carbonyl (C=O) groups is 2. The maximum absolute atomic E-state index is 12.8. The maximum Gasteiger partial charge on any atom is 0.269 e. The second-order valence-corrected chi connectivity index (χ2v) is 10.2. The van der Waals surface area contributed by atoms with Crippen molar-refractivity contribution in [2.45, 2.75) is 50.1 Å². The number of nitro groups is 1. The van der Waals surface area contributed by atoms with Crippen LogP contribution in [0.15, 0.2) is 24.3 Å². The van der Waals surface area contributed by atoms with Gasteiger partial charge in [-0.3, -0.25) is 25.0 Å². The van der Waals surface area contributed by atoms with Gasteiger partial charge in [0.2, 0.25) is 11.8 Å². The standard InChI is InChI=1S/C21H30N4O4S2/c26-19(23-12-15-6-8-17(9-7-15)25(28)29)18(24-20(27)21-22-10-11-31-21)14-30-13-16-4-2-1-3-5-16/h6-9,16,18,21-22H,1-5,10-14H2,(H,23,26)(H,24,27)/t18-,21+/m0/s1. The first-order valence-corrected chi connectivity index (χ1v) is 13.0. The molecule has 1 saturated heterocycles. The third-order valence-corrected chi connectivity index (χ3v) is 7.99. The molecular formula is C21H30N4O4S2. The van der Waals surface area contributed by atoms with E-state index in [-0.39, 0.29) is 29.4 Å². The molecule has 1 aliphatic heterocycles. The van der Waals surface area contributed by atoms with Crippen LogP contribution in [-0.4, -0.2) is 52.0 Å². The zero-order chi connectivity index (χ0) is 22.1. The summed E-state index contributed by atoms with van der Waals surface area (Å²) in [5, 5.41) is 19.4. The van der Waals surface area contributed by atoms with E-state index in [9.17, 15) is 19.7 Å². The van der Waals surface area contributed by atoms with Crippen LogP contribution in [0.5, 0.6) is 0 Å². The molecule has 0 spiro atoms. The summed E-state index contributed by atoms with van der Waals surface area (Å²) in [6.45, 7) is 1.04. The first kappa shape index (κ1) is 23.9. The average Bonchev–Trinajstić information content (AvgIpc) is 3.33. The van der Waals surface area contributed by atoms with Crippen molar-refractivity contribution < 1.29 is 14.5 Å². The van der Waals surface area contributed by atoms with Crippen molar-refractivity contribution in [3.8, 4) is 0 Å². The number of rotatable bonds is 10. The zero-order valence-electron chi connectivity index (χ0n) is 17.5. The van der Waals surface area contributed by atoms with Gasteiger partial charge in [0.05, 0.1) is 4.92 Å². The summed E-state index contributed by atoms with van der Waals surface area (Å²) in [6, 6.07) is 5.49. The molecule has 1 heterocycles. The normalized spacial score (nSPS) is 20.2. The van der Waals surface area contributed by atoms with Crippen LogP contribution in [0.3, 0.4) is 0 Å². The molecule has 1 aromatic carbocycles. The number of hydrogen-bond donors (Lipinski definition) is 3. The molecule has 31 heavy (non-hydrogen) atoms. The van der Waals surface area contributed by atoms with Crippen molar-refractivity contribution >= 4 is 41.0 Å². The Morgan fingerprint density at radius 3 is 2.61 bits per heavy atom. The lowest BCUT2D eigenvalue weighted by Crippen LogP contribution is -2.52. The molecule has 1 aromatic rings. The topological polar surface area (TPSA) is 113 Å². The molecule has 2 amide bonds. The molecule has 2 aliphatic rings. The van der Waals surface area contributed by atoms with Gasteiger partial charge in [-0.15, -0.1) is 11.8 Å². The molecule has 3 N–H and O–H groups in total. The van der Waals surface area contributed by atoms with E-state index in [1.165, 1.54) is 44.2 Å². The van der Waals surface area contributed by atoms with Crippen LogP contribution in [-0.2, 0) is 16.1 Å². The Labute approximate surface area is 191 Å². The number of non-ortho nitro benzene ring substituents is 1. The summed E-state index contributed by atoms with van der Waals surface area (Å²) in [5.41, 5.74) is 0.785. The number of nitro benzene ring substituents is 1. The molecule has 170 valence electrons. The van der Waals surface area contributed by atoms with Crippen LogP contribution in [0.2, 0.25) is 0 Å². The van der Waals surface area contributed by atoms with E-state index in [0.29, 0.717) is 11.7 Å². The molecule has 1 saturated carbocycles. The van der Waals surface area contributed by atoms with Gasteiger partial charge in [-0.1, -0.05) is 31.4 Å². The van der Waals surface area contributed by atoms with Gasteiger partial charge in [-0.05, 0) is 30.1 Å². The molecule has 8 nitrogen and oxygen atoms in total. The molecule has 0 radical (unpaired) electrons. The fraction of sp³-hybridized carbons (Fsp3) is 0.619. The lowest BCUT2D eigenvalue weighted by Gasteiger charge is -2.23. The minimum absolute atomic E-state index is 0.0147. The molecule has 2 atom stereocenters. The van der Waals surface area contributed by atoms with Crippen molar-refractivity contribution in [1.29, 1.82) is 0 Å². The Hall–Kier alpha value is -1.78. The van der Waals surface area contributed by atoms with E-state index >= 15 is 0 Å². The second kappa shape index (κ2) is 12.3. The first-order valence-electron chi connectivity index (χ1n) is 10.8. The Morgan fingerprint density at radius 1 is 1.23 bits per heavy atom. The highest BCUT2D eigenvalue weighted by molar-refractivity contribution is 8.00. The Morgan fingerprint density at radius 2 is 1.97 bits per heavy atom. The average molecular weight is 467 g/mol. The summed E-state index contributed by atoms with van der Waals surface area (Å²) in [6.07, 6.45) is 6.38. The summed E-state index contributed by atoms with van der Waals surface area (Å²) in [7, 11) is 0. The number of nitrogens with zero attached hydrogens (tertiary/aromatic N) is 1. The van der Waals surface area contributed by atoms with Crippen LogP contribution < -0.4 is 16.0 Å². The Balaban J connectivity index is 1.53. The van der Waals surface area contributed by atoms with Gasteiger partial charge in [0.25, 0.3) is 5.69 Å². The smallest absolute Gasteiger partial charge is 0.269 e. The van der Waals surface area contributed by atoms with Gasteiger partial charge >= 0.3 is 0 Å². The fourth-order valence-electron chi connectivity index (χ4n) is 3.78. The summed E-state index contributed by atoms with van der Waals surface area (Å²) < 4.78 is 0. The molecule has 0 aromatic heterocycles. The highest BCUT2D eigenvalue weighted by Gasteiger charge is 2.28. The monoisotopic (exact) mass is 466 g/mol. The number of hydrogen-bond acceptors (Lipinski definition) is 7. The van der Waals surface area contributed by atoms with E-state index in [1.807, 2.05) is 0 Å². The van der Waals surface area contributed by atoms with Gasteiger partial charge in [-0.25, -0.2) is 0 Å². The Kier molecular flexibility index (Phi) is 9.48. The predicted molar refractivity (Wildman–Crippen MR) is 125 cm³/mol. The van der Waals surface area contributed by atoms with Crippen molar-refractivity contribution in [1.82, 2.24) is 16.0 Å². The number of nitrogens with one attached hydrogen (secondary N) is 3. The van der Waals surface area contributed by atoms with Gasteiger partial charge in [0.15, 0.2) is 0 Å². The quantitative estimate of drug-likeness (QED) is 0.359. The number of amides is 2. The van der Waals surface area contributed by atoms with Crippen molar-refractivity contribution in [3.63, 3.8) is 0 Å². The molecule has 10 heteroatoms. The zero-order valence-corrected chi connectivity index (χ0v) is 19.1. The van der Waals surface area contributed by atoms with Gasteiger partial charge in [0, 0.05) is 36.7 Å². The molecule has 3 rings (SSSR count). The van der Waals surface area contributed by atoms with Gasteiger partial charge in [0.1, 0.15) is 11.4 Å². The maximum atomic E-state index is 12.8. The van der Waals surface area contributed by atoms with Crippen molar-refractivity contribution in [2.75, 3.05) is 23.8 Å². The largest absolute Gasteiger partial charge is 0.350 e. The van der Waals surface area contributed by atoms with Crippen molar-refractivity contribution in [3.05, 3.63) is 39.9 Å². The van der Waals surface area contributed by atoms with E-state index in [1.54, 1.807) is 35.7 Å². The third-order valence-electron chi connectivity index (χ3n) is 5.56. The fourth-order valence-corrected chi connectivity index (χ4v) is 5.98. The molecule has 0 unspecified atom stereocenters. The second-order valence-electron chi connectivity index (χ2n) is 7.95. The molecular weight excluding hydrogens is 436 g/mol. The lowest BCUT2D eigenvalue weighted by molar-refractivity contribution is -0.384. The Bertz CT molecular complexity index is 750. The van der Waals surface area contributed by atoms with E-state index in [0.717, 1.165) is 23.6 Å². The number of thioether (sulfide) groups is 2. The summed E-state index contributed by atoms with van der Waals surface area (Å²) in [5.74, 6) is 2.74. The minimum Gasteiger partial charge on any atom is -0.350 e. The summed E-state index contributed by atoms with van der Waals surface area (Å²) in [4.78, 5) is 35.7. The van der Waals surface area contributed by atoms with Gasteiger partial charge in [-0.2, -0.15) is 11.8 Å². The highest BCUT2D eigenvalue weighted by atomic mass is 32.2. The summed E-state index contributed by atoms with van der Waals surface area (Å²) >= 11 is 3.28. The van der Waals surface area contributed by atoms with E-state index in [4.69, 9.17) is 0 Å².